The molecule has 0 aliphatic heterocycles. The molecule has 1 aromatic heterocycles. The van der Waals surface area contributed by atoms with Gasteiger partial charge in [0.05, 0.1) is 5.52 Å². The number of pyridine rings is 1. The van der Waals surface area contributed by atoms with Crippen LogP contribution in [0.4, 0.5) is 0 Å². The number of nitrogens with zero attached hydrogens (tertiary/aromatic N) is 1. The Bertz CT molecular complexity index is 960. The summed E-state index contributed by atoms with van der Waals surface area (Å²) >= 11 is 0. The maximum Gasteiger partial charge on any atom is 0.336 e. The number of fused-ring (bicyclic) bond motifs is 1. The predicted molar refractivity (Wildman–Crippen MR) is 97.5 cm³/mol. The summed E-state index contributed by atoms with van der Waals surface area (Å²) in [5.41, 5.74) is 6.65. The molecule has 0 fully saturated rings. The summed E-state index contributed by atoms with van der Waals surface area (Å²) < 4.78 is 10.4. The molecule has 0 atom stereocenters. The molecule has 0 saturated carbocycles. The van der Waals surface area contributed by atoms with Gasteiger partial charge in [0.1, 0.15) is 11.5 Å². The van der Waals surface area contributed by atoms with Gasteiger partial charge in [-0.3, -0.25) is 9.78 Å². The Labute approximate surface area is 149 Å². The van der Waals surface area contributed by atoms with Gasteiger partial charge in [0, 0.05) is 23.2 Å². The molecule has 26 heavy (non-hydrogen) atoms. The van der Waals surface area contributed by atoms with Crippen LogP contribution in [0, 0.1) is 0 Å². The van der Waals surface area contributed by atoms with Gasteiger partial charge >= 0.3 is 5.97 Å². The summed E-state index contributed by atoms with van der Waals surface area (Å²) in [5, 5.41) is 0.995. The van der Waals surface area contributed by atoms with Crippen molar-refractivity contribution in [3.05, 3.63) is 72.4 Å². The van der Waals surface area contributed by atoms with Crippen LogP contribution in [-0.4, -0.2) is 23.5 Å². The first-order valence-electron chi connectivity index (χ1n) is 7.86. The molecule has 0 aliphatic carbocycles. The largest absolute Gasteiger partial charge is 0.484 e. The Kier molecular flexibility index (Phi) is 5.24. The number of aromatic nitrogens is 1. The number of carbonyl (C=O) groups is 2. The van der Waals surface area contributed by atoms with Crippen molar-refractivity contribution in [1.29, 1.82) is 0 Å². The molecule has 6 nitrogen and oxygen atoms in total. The van der Waals surface area contributed by atoms with E-state index in [-0.39, 0.29) is 6.61 Å². The molecular weight excluding hydrogens is 332 g/mol. The van der Waals surface area contributed by atoms with Gasteiger partial charge in [-0.1, -0.05) is 24.3 Å². The van der Waals surface area contributed by atoms with Crippen LogP contribution in [0.5, 0.6) is 11.5 Å². The van der Waals surface area contributed by atoms with Crippen LogP contribution in [0.15, 0.2) is 66.9 Å². The molecule has 0 unspecified atom stereocenters. The maximum atomic E-state index is 12.0. The fourth-order valence-corrected chi connectivity index (χ4v) is 2.33. The second kappa shape index (κ2) is 7.94. The highest BCUT2D eigenvalue weighted by Gasteiger charge is 2.04. The molecule has 6 heteroatoms. The Morgan fingerprint density at radius 1 is 1.00 bits per heavy atom. The van der Waals surface area contributed by atoms with Gasteiger partial charge in [-0.15, -0.1) is 0 Å². The molecule has 1 amide bonds. The lowest BCUT2D eigenvalue weighted by atomic mass is 10.1. The molecule has 0 saturated heterocycles. The monoisotopic (exact) mass is 348 g/mol. The zero-order valence-corrected chi connectivity index (χ0v) is 13.8. The van der Waals surface area contributed by atoms with Gasteiger partial charge in [-0.25, -0.2) is 4.79 Å². The molecule has 3 aromatic rings. The van der Waals surface area contributed by atoms with Crippen LogP contribution in [0.1, 0.15) is 5.56 Å². The maximum absolute atomic E-state index is 12.0. The Morgan fingerprint density at radius 3 is 2.50 bits per heavy atom. The average molecular weight is 348 g/mol. The van der Waals surface area contributed by atoms with Gasteiger partial charge in [-0.05, 0) is 36.4 Å². The smallest absolute Gasteiger partial charge is 0.336 e. The number of benzene rings is 2. The summed E-state index contributed by atoms with van der Waals surface area (Å²) in [7, 11) is 0. The van der Waals surface area contributed by atoms with E-state index in [2.05, 4.69) is 4.98 Å². The molecule has 0 bridgehead atoms. The third-order valence-electron chi connectivity index (χ3n) is 3.49. The lowest BCUT2D eigenvalue weighted by molar-refractivity contribution is -0.128. The number of carbonyl (C=O) groups excluding carboxylic acids is 2. The Balaban J connectivity index is 1.65. The zero-order chi connectivity index (χ0) is 18.4. The normalized spacial score (nSPS) is 10.8. The minimum Gasteiger partial charge on any atom is -0.484 e. The molecule has 1 heterocycles. The molecule has 130 valence electrons. The number of amides is 1. The Morgan fingerprint density at radius 2 is 1.73 bits per heavy atom. The first kappa shape index (κ1) is 17.2. The SMILES string of the molecule is NC(=O)COc1ccc(OC(=O)/C=C\c2cccc3cccnc23)cc1. The third kappa shape index (κ3) is 4.45. The molecule has 0 spiro atoms. The van der Waals surface area contributed by atoms with E-state index < -0.39 is 11.9 Å². The number of hydrogen-bond acceptors (Lipinski definition) is 5. The molecule has 0 radical (unpaired) electrons. The van der Waals surface area contributed by atoms with E-state index in [9.17, 15) is 9.59 Å². The highest BCUT2D eigenvalue weighted by molar-refractivity contribution is 5.93. The molecular formula is C20H16N2O4. The van der Waals surface area contributed by atoms with Crippen LogP contribution in [0.2, 0.25) is 0 Å². The second-order valence-electron chi connectivity index (χ2n) is 5.40. The third-order valence-corrected chi connectivity index (χ3v) is 3.49. The average Bonchev–Trinajstić information content (AvgIpc) is 2.65. The second-order valence-corrected chi connectivity index (χ2v) is 5.40. The summed E-state index contributed by atoms with van der Waals surface area (Å²) in [6.07, 6.45) is 4.73. The van der Waals surface area contributed by atoms with E-state index in [0.717, 1.165) is 16.5 Å². The van der Waals surface area contributed by atoms with E-state index in [0.29, 0.717) is 11.5 Å². The van der Waals surface area contributed by atoms with Crippen molar-refractivity contribution in [3.63, 3.8) is 0 Å². The van der Waals surface area contributed by atoms with Gasteiger partial charge in [-0.2, -0.15) is 0 Å². The van der Waals surface area contributed by atoms with Crippen molar-refractivity contribution in [3.8, 4) is 11.5 Å². The van der Waals surface area contributed by atoms with Crippen LogP contribution in [-0.2, 0) is 9.59 Å². The van der Waals surface area contributed by atoms with Crippen LogP contribution < -0.4 is 15.2 Å². The highest BCUT2D eigenvalue weighted by Crippen LogP contribution is 2.19. The van der Waals surface area contributed by atoms with Crippen molar-refractivity contribution < 1.29 is 19.1 Å². The summed E-state index contributed by atoms with van der Waals surface area (Å²) in [6.45, 7) is -0.207. The quantitative estimate of drug-likeness (QED) is 0.420. The minimum absolute atomic E-state index is 0.207. The molecule has 0 aliphatic rings. The van der Waals surface area contributed by atoms with Crippen LogP contribution in [0.25, 0.3) is 17.0 Å². The summed E-state index contributed by atoms with van der Waals surface area (Å²) in [6, 6.07) is 15.9. The molecule has 2 N–H and O–H groups in total. The zero-order valence-electron chi connectivity index (χ0n) is 13.8. The topological polar surface area (TPSA) is 91.5 Å². The summed E-state index contributed by atoms with van der Waals surface area (Å²) in [5.74, 6) is -0.250. The van der Waals surface area contributed by atoms with E-state index in [1.807, 2.05) is 30.3 Å². The van der Waals surface area contributed by atoms with Crippen LogP contribution >= 0.6 is 0 Å². The lowest BCUT2D eigenvalue weighted by Gasteiger charge is -2.05. The number of esters is 1. The van der Waals surface area contributed by atoms with Gasteiger partial charge in [0.2, 0.25) is 0 Å². The van der Waals surface area contributed by atoms with E-state index in [4.69, 9.17) is 15.2 Å². The number of primary amides is 1. The van der Waals surface area contributed by atoms with E-state index >= 15 is 0 Å². The Hall–Kier alpha value is -3.67. The minimum atomic E-state index is -0.562. The first-order valence-corrected chi connectivity index (χ1v) is 7.86. The van der Waals surface area contributed by atoms with Crippen molar-refractivity contribution in [1.82, 2.24) is 4.98 Å². The standard InChI is InChI=1S/C20H16N2O4/c21-18(23)13-25-16-7-9-17(10-8-16)26-19(24)11-6-15-4-1-3-14-5-2-12-22-20(14)15/h1-12H,13H2,(H2,21,23)/b11-6-. The van der Waals surface area contributed by atoms with Crippen molar-refractivity contribution in [2.75, 3.05) is 6.61 Å². The van der Waals surface area contributed by atoms with Gasteiger partial charge in [0.15, 0.2) is 6.61 Å². The number of hydrogen-bond donors (Lipinski definition) is 1. The predicted octanol–water partition coefficient (Wildman–Crippen LogP) is 2.72. The summed E-state index contributed by atoms with van der Waals surface area (Å²) in [4.78, 5) is 27.0. The number of ether oxygens (including phenoxy) is 2. The highest BCUT2D eigenvalue weighted by atomic mass is 16.5. The van der Waals surface area contributed by atoms with E-state index in [1.165, 1.54) is 6.08 Å². The van der Waals surface area contributed by atoms with Gasteiger partial charge < -0.3 is 15.2 Å². The lowest BCUT2D eigenvalue weighted by Crippen LogP contribution is -2.19. The fourth-order valence-electron chi connectivity index (χ4n) is 2.33. The molecule has 3 rings (SSSR count). The van der Waals surface area contributed by atoms with Crippen LogP contribution in [0.3, 0.4) is 0 Å². The number of rotatable bonds is 6. The number of para-hydroxylation sites is 1. The van der Waals surface area contributed by atoms with Gasteiger partial charge in [0.25, 0.3) is 5.91 Å². The van der Waals surface area contributed by atoms with Crippen molar-refractivity contribution in [2.45, 2.75) is 0 Å². The fraction of sp³-hybridized carbons (Fsp3) is 0.0500. The van der Waals surface area contributed by atoms with E-state index in [1.54, 1.807) is 36.5 Å². The number of nitrogens with two attached hydrogens (primary N) is 1. The first-order chi connectivity index (χ1) is 12.6. The molecule has 2 aromatic carbocycles. The van der Waals surface area contributed by atoms with Crippen molar-refractivity contribution >= 4 is 28.9 Å². The van der Waals surface area contributed by atoms with Crippen molar-refractivity contribution in [2.24, 2.45) is 5.73 Å².